The summed E-state index contributed by atoms with van der Waals surface area (Å²) in [6.07, 6.45) is 8.67. The zero-order chi connectivity index (χ0) is 43.8. The Morgan fingerprint density at radius 3 is 1.08 bits per heavy atom. The lowest BCUT2D eigenvalue weighted by Crippen LogP contribution is -2.36. The highest BCUT2D eigenvalue weighted by molar-refractivity contribution is 5.93. The van der Waals surface area contributed by atoms with E-state index in [1.54, 1.807) is 0 Å². The molecule has 0 amide bonds. The molecule has 0 fully saturated rings. The number of para-hydroxylation sites is 5. The molecule has 6 nitrogen and oxygen atoms in total. The average Bonchev–Trinajstić information content (AvgIpc) is 3.38. The van der Waals surface area contributed by atoms with E-state index < -0.39 is 0 Å². The molecule has 0 N–H and O–H groups in total. The minimum atomic E-state index is 0.865. The van der Waals surface area contributed by atoms with E-state index in [0.29, 0.717) is 0 Å². The van der Waals surface area contributed by atoms with E-state index in [1.165, 1.54) is 50.7 Å². The van der Waals surface area contributed by atoms with Crippen LogP contribution in [0.4, 0.5) is 62.6 Å². The number of hydrogen-bond acceptors (Lipinski definition) is 6. The molecule has 8 aromatic carbocycles. The van der Waals surface area contributed by atoms with Crippen molar-refractivity contribution >= 4 is 62.6 Å². The predicted octanol–water partition coefficient (Wildman–Crippen LogP) is 15.3. The summed E-state index contributed by atoms with van der Waals surface area (Å²) in [5, 5.41) is 0. The van der Waals surface area contributed by atoms with Gasteiger partial charge in [-0.1, -0.05) is 97.1 Å². The first-order valence-corrected chi connectivity index (χ1v) is 24.1. The molecule has 326 valence electrons. The van der Waals surface area contributed by atoms with Crippen molar-refractivity contribution in [1.82, 2.24) is 0 Å². The van der Waals surface area contributed by atoms with Crippen LogP contribution in [0.15, 0.2) is 188 Å². The maximum Gasteiger partial charge on any atom is 0.134 e. The molecule has 6 heteroatoms. The van der Waals surface area contributed by atoms with Gasteiger partial charge in [-0.3, -0.25) is 0 Å². The fraction of sp³-hybridized carbons (Fsp3) is 0.200. The van der Waals surface area contributed by atoms with Gasteiger partial charge in [0.15, 0.2) is 0 Å². The Balaban J connectivity index is 1.08. The van der Waals surface area contributed by atoms with Crippen LogP contribution in [-0.2, 0) is 25.7 Å². The molecule has 0 aromatic heterocycles. The van der Waals surface area contributed by atoms with Crippen LogP contribution in [0, 0.1) is 0 Å². The molecule has 0 saturated carbocycles. The first kappa shape index (κ1) is 40.1. The van der Waals surface area contributed by atoms with Crippen molar-refractivity contribution in [2.24, 2.45) is 0 Å². The number of anilines is 11. The minimum absolute atomic E-state index is 0.865. The SMILES string of the molecule is c1ccc(Oc2cc(N(c3ccccc3)c3cccc(N(c4ccccc4)c4cc(N(c5ccccc5)c5ccccc5)c5c6c4CCCN6CCC5)c3)c3c4c2CCCN4CCC3)cc1. The van der Waals surface area contributed by atoms with Crippen LogP contribution in [0.1, 0.15) is 47.9 Å². The normalized spacial score (nSPS) is 14.8. The first-order valence-electron chi connectivity index (χ1n) is 24.1. The maximum absolute atomic E-state index is 6.90. The van der Waals surface area contributed by atoms with Gasteiger partial charge in [-0.25, -0.2) is 0 Å². The van der Waals surface area contributed by atoms with Crippen LogP contribution in [-0.4, -0.2) is 26.2 Å². The van der Waals surface area contributed by atoms with Crippen molar-refractivity contribution in [3.8, 4) is 11.5 Å². The van der Waals surface area contributed by atoms with Crippen LogP contribution < -0.4 is 29.2 Å². The van der Waals surface area contributed by atoms with E-state index in [9.17, 15) is 0 Å². The lowest BCUT2D eigenvalue weighted by molar-refractivity contribution is 0.471. The molecule has 0 unspecified atom stereocenters. The van der Waals surface area contributed by atoms with Crippen molar-refractivity contribution in [2.45, 2.75) is 51.4 Å². The quantitative estimate of drug-likeness (QED) is 0.129. The Morgan fingerprint density at radius 1 is 0.318 bits per heavy atom. The number of rotatable bonds is 11. The third-order valence-corrected chi connectivity index (χ3v) is 14.1. The summed E-state index contributed by atoms with van der Waals surface area (Å²) in [6, 6.07) is 68.3. The zero-order valence-corrected chi connectivity index (χ0v) is 37.5. The largest absolute Gasteiger partial charge is 0.457 e. The van der Waals surface area contributed by atoms with Gasteiger partial charge in [0.1, 0.15) is 11.5 Å². The van der Waals surface area contributed by atoms with Crippen LogP contribution in [0.5, 0.6) is 11.5 Å². The maximum atomic E-state index is 6.90. The first-order chi connectivity index (χ1) is 32.8. The molecule has 8 aromatic rings. The van der Waals surface area contributed by atoms with Gasteiger partial charge in [0.05, 0.1) is 17.1 Å². The van der Waals surface area contributed by atoms with Crippen molar-refractivity contribution in [2.75, 3.05) is 50.7 Å². The molecule has 0 aliphatic carbocycles. The van der Waals surface area contributed by atoms with E-state index in [4.69, 9.17) is 4.74 Å². The summed E-state index contributed by atoms with van der Waals surface area (Å²) in [4.78, 5) is 12.9. The van der Waals surface area contributed by atoms with Gasteiger partial charge in [0.25, 0.3) is 0 Å². The van der Waals surface area contributed by atoms with E-state index in [1.807, 2.05) is 0 Å². The Bertz CT molecular complexity index is 2940. The second-order valence-electron chi connectivity index (χ2n) is 18.1. The topological polar surface area (TPSA) is 25.4 Å². The van der Waals surface area contributed by atoms with Crippen LogP contribution in [0.3, 0.4) is 0 Å². The van der Waals surface area contributed by atoms with Crippen molar-refractivity contribution in [1.29, 1.82) is 0 Å². The van der Waals surface area contributed by atoms with Crippen LogP contribution >= 0.6 is 0 Å². The lowest BCUT2D eigenvalue weighted by atomic mass is 9.88. The molecule has 4 aliphatic rings. The number of benzene rings is 8. The van der Waals surface area contributed by atoms with E-state index in [-0.39, 0.29) is 0 Å². The third kappa shape index (κ3) is 7.31. The van der Waals surface area contributed by atoms with Gasteiger partial charge >= 0.3 is 0 Å². The molecule has 66 heavy (non-hydrogen) atoms. The summed E-state index contributed by atoms with van der Waals surface area (Å²) in [5.74, 6) is 1.82. The molecular weight excluding hydrogens is 807 g/mol. The zero-order valence-electron chi connectivity index (χ0n) is 37.5. The van der Waals surface area contributed by atoms with E-state index >= 15 is 0 Å². The summed E-state index contributed by atoms with van der Waals surface area (Å²) in [6.45, 7) is 4.33. The molecule has 0 spiro atoms. The molecule has 4 aliphatic heterocycles. The highest BCUT2D eigenvalue weighted by Crippen LogP contribution is 2.54. The average molecular weight is 862 g/mol. The molecule has 0 radical (unpaired) electrons. The second-order valence-corrected chi connectivity index (χ2v) is 18.1. The molecule has 4 heterocycles. The molecule has 0 bridgehead atoms. The van der Waals surface area contributed by atoms with Crippen molar-refractivity contribution in [3.63, 3.8) is 0 Å². The van der Waals surface area contributed by atoms with Gasteiger partial charge in [-0.2, -0.15) is 0 Å². The Labute approximate surface area is 389 Å². The standard InChI is InChI=1S/C60H55N5O/c1-6-21-44(22-7-1)63(45-23-8-2-9-24-45)55-42-56(52-34-18-38-61-37-17-33-51(55)59(52)61)64(46-25-10-3-11-26-46)48-29-16-30-49(41-48)65(47-27-12-4-13-28-47)57-43-58(66-50-31-14-5-15-32-50)54-36-20-40-62-39-19-35-53(57)60(54)62/h1-16,21-32,41-43H,17-20,33-40H2. The third-order valence-electron chi connectivity index (χ3n) is 14.1. The molecule has 0 saturated heterocycles. The van der Waals surface area contributed by atoms with Crippen molar-refractivity contribution < 1.29 is 4.74 Å². The number of nitrogens with zero attached hydrogens (tertiary/aromatic N) is 5. The van der Waals surface area contributed by atoms with Gasteiger partial charge < -0.3 is 29.2 Å². The summed E-state index contributed by atoms with van der Waals surface area (Å²) in [7, 11) is 0. The van der Waals surface area contributed by atoms with Gasteiger partial charge in [-0.15, -0.1) is 0 Å². The van der Waals surface area contributed by atoms with E-state index in [0.717, 1.165) is 123 Å². The van der Waals surface area contributed by atoms with Gasteiger partial charge in [-0.05, 0) is 136 Å². The predicted molar refractivity (Wildman–Crippen MR) is 275 cm³/mol. The van der Waals surface area contributed by atoms with Gasteiger partial charge in [0.2, 0.25) is 0 Å². The Morgan fingerprint density at radius 2 is 0.652 bits per heavy atom. The smallest absolute Gasteiger partial charge is 0.134 e. The summed E-state index contributed by atoms with van der Waals surface area (Å²) in [5.41, 5.74) is 18.9. The second kappa shape index (κ2) is 17.5. The molecule has 12 rings (SSSR count). The molecular formula is C60H55N5O. The highest BCUT2D eigenvalue weighted by atomic mass is 16.5. The Kier molecular flexibility index (Phi) is 10.6. The number of hydrogen-bond donors (Lipinski definition) is 0. The van der Waals surface area contributed by atoms with Crippen LogP contribution in [0.25, 0.3) is 0 Å². The lowest BCUT2D eigenvalue weighted by Gasteiger charge is -2.42. The molecule has 0 atom stereocenters. The number of ether oxygens (including phenoxy) is 1. The van der Waals surface area contributed by atoms with Gasteiger partial charge in [0, 0.05) is 100.0 Å². The fourth-order valence-corrected chi connectivity index (χ4v) is 11.3. The monoisotopic (exact) mass is 861 g/mol. The van der Waals surface area contributed by atoms with Crippen molar-refractivity contribution in [3.05, 3.63) is 210 Å². The Hall–Kier alpha value is -7.44. The fourth-order valence-electron chi connectivity index (χ4n) is 11.3. The minimum Gasteiger partial charge on any atom is -0.457 e. The van der Waals surface area contributed by atoms with Crippen LogP contribution in [0.2, 0.25) is 0 Å². The van der Waals surface area contributed by atoms with E-state index in [2.05, 4.69) is 213 Å². The summed E-state index contributed by atoms with van der Waals surface area (Å²) >= 11 is 0. The summed E-state index contributed by atoms with van der Waals surface area (Å²) < 4.78 is 6.90. The highest BCUT2D eigenvalue weighted by Gasteiger charge is 2.35.